The van der Waals surface area contributed by atoms with Crippen molar-refractivity contribution in [2.45, 2.75) is 12.8 Å². The zero-order chi connectivity index (χ0) is 23.6. The van der Waals surface area contributed by atoms with Gasteiger partial charge < -0.3 is 14.8 Å². The summed E-state index contributed by atoms with van der Waals surface area (Å²) in [6.07, 6.45) is 0.864. The lowest BCUT2D eigenvalue weighted by Crippen LogP contribution is -2.40. The number of rotatable bonds is 9. The summed E-state index contributed by atoms with van der Waals surface area (Å²) in [6.45, 7) is 0.379. The Morgan fingerprint density at radius 3 is 1.76 bits per heavy atom. The first kappa shape index (κ1) is 23.5. The molecule has 33 heavy (non-hydrogen) atoms. The molecule has 0 unspecified atom stereocenters. The van der Waals surface area contributed by atoms with Gasteiger partial charge in [-0.2, -0.15) is 0 Å². The molecule has 7 nitrogen and oxygen atoms in total. The maximum absolute atomic E-state index is 12.5. The third kappa shape index (κ3) is 6.93. The van der Waals surface area contributed by atoms with Crippen LogP contribution in [0.1, 0.15) is 31.8 Å². The van der Waals surface area contributed by atoms with Gasteiger partial charge in [0.25, 0.3) is 5.91 Å². The van der Waals surface area contributed by atoms with E-state index in [1.165, 1.54) is 12.1 Å². The Hall–Kier alpha value is -4.13. The zero-order valence-electron chi connectivity index (χ0n) is 18.6. The van der Waals surface area contributed by atoms with Crippen molar-refractivity contribution >= 4 is 17.7 Å². The predicted molar refractivity (Wildman–Crippen MR) is 125 cm³/mol. The molecule has 0 atom stereocenters. The van der Waals surface area contributed by atoms with Crippen molar-refractivity contribution in [1.82, 2.24) is 10.6 Å². The first-order valence-electron chi connectivity index (χ1n) is 10.5. The van der Waals surface area contributed by atoms with Crippen molar-refractivity contribution in [3.63, 3.8) is 0 Å². The molecule has 0 bridgehead atoms. The summed E-state index contributed by atoms with van der Waals surface area (Å²) in [5.41, 5.74) is 2.69. The average molecular weight is 447 g/mol. The molecule has 0 spiro atoms. The van der Waals surface area contributed by atoms with Crippen molar-refractivity contribution in [3.8, 4) is 11.5 Å². The Morgan fingerprint density at radius 1 is 0.697 bits per heavy atom. The topological polar surface area (TPSA) is 93.7 Å². The van der Waals surface area contributed by atoms with Gasteiger partial charge in [-0.3, -0.25) is 14.9 Å². The standard InChI is InChI=1S/C26H26N2O5/c1-32-22-11-3-18(4-12-22)15-16-27-26(31)28-25(30)21-9-7-20(8-10-21)24(29)17-19-5-13-23(33-2)14-6-19/h3-14H,15-17H2,1-2H3,(H2,27,28,30,31). The molecule has 0 aromatic heterocycles. The van der Waals surface area contributed by atoms with Gasteiger partial charge in [-0.1, -0.05) is 36.4 Å². The number of ketones is 1. The summed E-state index contributed by atoms with van der Waals surface area (Å²) in [6, 6.07) is 20.5. The van der Waals surface area contributed by atoms with Crippen LogP contribution >= 0.6 is 0 Å². The van der Waals surface area contributed by atoms with E-state index in [2.05, 4.69) is 10.6 Å². The van der Waals surface area contributed by atoms with Crippen molar-refractivity contribution in [2.24, 2.45) is 0 Å². The minimum atomic E-state index is -0.576. The summed E-state index contributed by atoms with van der Waals surface area (Å²) in [5.74, 6) is 0.893. The van der Waals surface area contributed by atoms with Crippen LogP contribution in [0.15, 0.2) is 72.8 Å². The molecule has 3 aromatic carbocycles. The van der Waals surface area contributed by atoms with E-state index in [-0.39, 0.29) is 12.2 Å². The maximum Gasteiger partial charge on any atom is 0.321 e. The van der Waals surface area contributed by atoms with Crippen LogP contribution in [0.2, 0.25) is 0 Å². The van der Waals surface area contributed by atoms with Crippen LogP contribution in [-0.4, -0.2) is 38.5 Å². The lowest BCUT2D eigenvalue weighted by Gasteiger charge is -2.08. The van der Waals surface area contributed by atoms with Crippen LogP contribution in [0.5, 0.6) is 11.5 Å². The molecule has 0 heterocycles. The van der Waals surface area contributed by atoms with Crippen LogP contribution in [0.4, 0.5) is 4.79 Å². The number of Topliss-reactive ketones (excluding diaryl/α,β-unsaturated/α-hetero) is 1. The number of carbonyl (C=O) groups excluding carboxylic acids is 3. The third-order valence-corrected chi connectivity index (χ3v) is 5.08. The fraction of sp³-hybridized carbons (Fsp3) is 0.192. The molecule has 0 fully saturated rings. The normalized spacial score (nSPS) is 10.2. The van der Waals surface area contributed by atoms with Gasteiger partial charge in [0.05, 0.1) is 14.2 Å². The summed E-state index contributed by atoms with van der Waals surface area (Å²) in [7, 11) is 3.19. The SMILES string of the molecule is COc1ccc(CCNC(=O)NC(=O)c2ccc(C(=O)Cc3ccc(OC)cc3)cc2)cc1. The van der Waals surface area contributed by atoms with E-state index in [9.17, 15) is 14.4 Å². The molecule has 0 saturated heterocycles. The number of benzene rings is 3. The molecule has 170 valence electrons. The average Bonchev–Trinajstić information content (AvgIpc) is 2.85. The molecule has 7 heteroatoms. The Morgan fingerprint density at radius 2 is 1.21 bits per heavy atom. The number of ether oxygens (including phenoxy) is 2. The highest BCUT2D eigenvalue weighted by molar-refractivity contribution is 6.05. The second kappa shape index (κ2) is 11.5. The van der Waals surface area contributed by atoms with Crippen LogP contribution < -0.4 is 20.1 Å². The summed E-state index contributed by atoms with van der Waals surface area (Å²) in [4.78, 5) is 36.8. The Balaban J connectivity index is 1.46. The van der Waals surface area contributed by atoms with Crippen LogP contribution in [-0.2, 0) is 12.8 Å². The number of nitrogens with one attached hydrogen (secondary N) is 2. The van der Waals surface area contributed by atoms with E-state index >= 15 is 0 Å². The van der Waals surface area contributed by atoms with E-state index in [0.29, 0.717) is 24.1 Å². The van der Waals surface area contributed by atoms with Gasteiger partial charge in [-0.25, -0.2) is 4.79 Å². The van der Waals surface area contributed by atoms with Gasteiger partial charge in [0.2, 0.25) is 0 Å². The van der Waals surface area contributed by atoms with E-state index in [4.69, 9.17) is 9.47 Å². The van der Waals surface area contributed by atoms with E-state index < -0.39 is 11.9 Å². The van der Waals surface area contributed by atoms with Crippen molar-refractivity contribution in [1.29, 1.82) is 0 Å². The lowest BCUT2D eigenvalue weighted by molar-refractivity contribution is 0.0959. The quantitative estimate of drug-likeness (QED) is 0.488. The van der Waals surface area contributed by atoms with Crippen LogP contribution in [0.3, 0.4) is 0 Å². The number of hydrogen-bond acceptors (Lipinski definition) is 5. The lowest BCUT2D eigenvalue weighted by atomic mass is 10.0. The molecule has 0 aliphatic rings. The molecule has 0 saturated carbocycles. The second-order valence-electron chi connectivity index (χ2n) is 7.33. The Kier molecular flexibility index (Phi) is 8.18. The number of urea groups is 1. The van der Waals surface area contributed by atoms with Crippen LogP contribution in [0.25, 0.3) is 0 Å². The fourth-order valence-corrected chi connectivity index (χ4v) is 3.17. The third-order valence-electron chi connectivity index (χ3n) is 5.08. The number of imide groups is 1. The minimum absolute atomic E-state index is 0.0663. The first-order valence-corrected chi connectivity index (χ1v) is 10.5. The van der Waals surface area contributed by atoms with Gasteiger partial charge in [0, 0.05) is 24.1 Å². The molecule has 3 rings (SSSR count). The highest BCUT2D eigenvalue weighted by Gasteiger charge is 2.12. The molecule has 3 amide bonds. The number of amides is 3. The molecule has 0 radical (unpaired) electrons. The van der Waals surface area contributed by atoms with Gasteiger partial charge in [0.15, 0.2) is 5.78 Å². The maximum atomic E-state index is 12.5. The summed E-state index contributed by atoms with van der Waals surface area (Å²) in [5, 5.41) is 4.95. The Bertz CT molecular complexity index is 1090. The number of carbonyl (C=O) groups is 3. The second-order valence-corrected chi connectivity index (χ2v) is 7.33. The number of hydrogen-bond donors (Lipinski definition) is 2. The first-order chi connectivity index (χ1) is 16.0. The highest BCUT2D eigenvalue weighted by Crippen LogP contribution is 2.14. The largest absolute Gasteiger partial charge is 0.497 e. The van der Waals surface area contributed by atoms with Gasteiger partial charge in [-0.05, 0) is 53.9 Å². The smallest absolute Gasteiger partial charge is 0.321 e. The van der Waals surface area contributed by atoms with Crippen molar-refractivity contribution < 1.29 is 23.9 Å². The molecule has 0 aliphatic heterocycles. The molecule has 3 aromatic rings. The molecule has 0 aliphatic carbocycles. The summed E-state index contributed by atoms with van der Waals surface area (Å²) < 4.78 is 10.2. The zero-order valence-corrected chi connectivity index (χ0v) is 18.6. The molecular weight excluding hydrogens is 420 g/mol. The predicted octanol–water partition coefficient (Wildman–Crippen LogP) is 3.81. The van der Waals surface area contributed by atoms with Gasteiger partial charge in [-0.15, -0.1) is 0 Å². The monoisotopic (exact) mass is 446 g/mol. The van der Waals surface area contributed by atoms with Crippen molar-refractivity contribution in [3.05, 3.63) is 95.1 Å². The van der Waals surface area contributed by atoms with Gasteiger partial charge >= 0.3 is 6.03 Å². The number of methoxy groups -OCH3 is 2. The van der Waals surface area contributed by atoms with E-state index in [1.54, 1.807) is 38.5 Å². The fourth-order valence-electron chi connectivity index (χ4n) is 3.17. The van der Waals surface area contributed by atoms with Gasteiger partial charge in [0.1, 0.15) is 11.5 Å². The Labute approximate surface area is 192 Å². The molecular formula is C26H26N2O5. The van der Waals surface area contributed by atoms with E-state index in [1.807, 2.05) is 36.4 Å². The minimum Gasteiger partial charge on any atom is -0.497 e. The summed E-state index contributed by atoms with van der Waals surface area (Å²) >= 11 is 0. The molecule has 2 N–H and O–H groups in total. The van der Waals surface area contributed by atoms with E-state index in [0.717, 1.165) is 22.6 Å². The highest BCUT2D eigenvalue weighted by atomic mass is 16.5. The van der Waals surface area contributed by atoms with Crippen molar-refractivity contribution in [2.75, 3.05) is 20.8 Å². The van der Waals surface area contributed by atoms with Crippen LogP contribution in [0, 0.1) is 0 Å².